The number of para-hydroxylation sites is 1. The molecule has 0 radical (unpaired) electrons. The smallest absolute Gasteiger partial charge is 0.338 e. The minimum absolute atomic E-state index is 0.345. The SMILES string of the molecule is Cc1ccc(C(=O)OC(C)C(=O)Nc2c(C)cccc2C)cc1. The Bertz CT molecular complexity index is 700. The highest BCUT2D eigenvalue weighted by Crippen LogP contribution is 2.20. The quantitative estimate of drug-likeness (QED) is 0.874. The van der Waals surface area contributed by atoms with Gasteiger partial charge in [-0.15, -0.1) is 0 Å². The van der Waals surface area contributed by atoms with Crippen LogP contribution in [0.4, 0.5) is 5.69 Å². The number of anilines is 1. The number of aryl methyl sites for hydroxylation is 3. The maximum absolute atomic E-state index is 12.2. The first-order valence-electron chi connectivity index (χ1n) is 7.53. The first kappa shape index (κ1) is 16.7. The second kappa shape index (κ2) is 7.09. The van der Waals surface area contributed by atoms with E-state index in [4.69, 9.17) is 4.74 Å². The highest BCUT2D eigenvalue weighted by atomic mass is 16.5. The average molecular weight is 311 g/mol. The van der Waals surface area contributed by atoms with Crippen molar-refractivity contribution in [3.63, 3.8) is 0 Å². The summed E-state index contributed by atoms with van der Waals surface area (Å²) in [6, 6.07) is 12.8. The average Bonchev–Trinajstić information content (AvgIpc) is 2.51. The Hall–Kier alpha value is -2.62. The summed E-state index contributed by atoms with van der Waals surface area (Å²) < 4.78 is 5.24. The van der Waals surface area contributed by atoms with Gasteiger partial charge in [-0.2, -0.15) is 0 Å². The molecule has 0 fully saturated rings. The molecule has 2 aromatic carbocycles. The molecular formula is C19H21NO3. The Morgan fingerprint density at radius 2 is 1.52 bits per heavy atom. The van der Waals surface area contributed by atoms with Crippen molar-refractivity contribution in [2.75, 3.05) is 5.32 Å². The van der Waals surface area contributed by atoms with Gasteiger partial charge in [-0.3, -0.25) is 4.79 Å². The van der Waals surface area contributed by atoms with Crippen molar-refractivity contribution in [3.05, 3.63) is 64.7 Å². The van der Waals surface area contributed by atoms with E-state index in [2.05, 4.69) is 5.32 Å². The lowest BCUT2D eigenvalue weighted by Gasteiger charge is -2.16. The maximum atomic E-state index is 12.2. The van der Waals surface area contributed by atoms with Gasteiger partial charge in [0.05, 0.1) is 5.56 Å². The number of hydrogen-bond donors (Lipinski definition) is 1. The molecule has 1 N–H and O–H groups in total. The second-order valence-electron chi connectivity index (χ2n) is 5.67. The van der Waals surface area contributed by atoms with Gasteiger partial charge in [0, 0.05) is 5.69 Å². The predicted octanol–water partition coefficient (Wildman–Crippen LogP) is 3.80. The summed E-state index contributed by atoms with van der Waals surface area (Å²) in [4.78, 5) is 24.3. The van der Waals surface area contributed by atoms with Crippen LogP contribution in [0.5, 0.6) is 0 Å². The third kappa shape index (κ3) is 4.19. The Kier molecular flexibility index (Phi) is 5.16. The largest absolute Gasteiger partial charge is 0.449 e. The summed E-state index contributed by atoms with van der Waals surface area (Å²) in [6.45, 7) is 7.35. The Labute approximate surface area is 136 Å². The van der Waals surface area contributed by atoms with E-state index < -0.39 is 12.1 Å². The summed E-state index contributed by atoms with van der Waals surface area (Å²) in [6.07, 6.45) is -0.872. The molecule has 2 rings (SSSR count). The predicted molar refractivity (Wildman–Crippen MR) is 90.6 cm³/mol. The number of ether oxygens (including phenoxy) is 1. The van der Waals surface area contributed by atoms with E-state index >= 15 is 0 Å². The number of carbonyl (C=O) groups is 2. The summed E-state index contributed by atoms with van der Waals surface area (Å²) in [5, 5.41) is 2.83. The molecule has 1 amide bonds. The number of amides is 1. The van der Waals surface area contributed by atoms with Gasteiger partial charge in [-0.05, 0) is 51.0 Å². The fourth-order valence-electron chi connectivity index (χ4n) is 2.21. The standard InChI is InChI=1S/C19H21NO3/c1-12-8-10-16(11-9-12)19(22)23-15(4)18(21)20-17-13(2)6-5-7-14(17)3/h5-11,15H,1-4H3,(H,20,21). The van der Waals surface area contributed by atoms with Gasteiger partial charge in [0.1, 0.15) is 0 Å². The van der Waals surface area contributed by atoms with E-state index in [-0.39, 0.29) is 5.91 Å². The highest BCUT2D eigenvalue weighted by Gasteiger charge is 2.20. The first-order chi connectivity index (χ1) is 10.9. The molecule has 0 bridgehead atoms. The molecule has 23 heavy (non-hydrogen) atoms. The summed E-state index contributed by atoms with van der Waals surface area (Å²) in [7, 11) is 0. The van der Waals surface area contributed by atoms with Crippen LogP contribution in [0.3, 0.4) is 0 Å². The third-order valence-electron chi connectivity index (χ3n) is 3.67. The zero-order valence-electron chi connectivity index (χ0n) is 13.8. The second-order valence-corrected chi connectivity index (χ2v) is 5.67. The van der Waals surface area contributed by atoms with E-state index in [1.165, 1.54) is 0 Å². The minimum Gasteiger partial charge on any atom is -0.449 e. The van der Waals surface area contributed by atoms with Crippen LogP contribution in [0.2, 0.25) is 0 Å². The van der Waals surface area contributed by atoms with E-state index in [1.54, 1.807) is 19.1 Å². The van der Waals surface area contributed by atoms with Crippen LogP contribution in [-0.2, 0) is 9.53 Å². The molecule has 0 aliphatic rings. The summed E-state index contributed by atoms with van der Waals surface area (Å²) in [5.74, 6) is -0.850. The van der Waals surface area contributed by atoms with Crippen LogP contribution in [0.25, 0.3) is 0 Å². The zero-order valence-corrected chi connectivity index (χ0v) is 13.8. The van der Waals surface area contributed by atoms with Crippen LogP contribution in [-0.4, -0.2) is 18.0 Å². The van der Waals surface area contributed by atoms with E-state index in [0.717, 1.165) is 22.4 Å². The topological polar surface area (TPSA) is 55.4 Å². The van der Waals surface area contributed by atoms with E-state index in [1.807, 2.05) is 51.1 Å². The van der Waals surface area contributed by atoms with Gasteiger partial charge in [0.2, 0.25) is 0 Å². The molecule has 0 aromatic heterocycles. The number of hydrogen-bond acceptors (Lipinski definition) is 3. The lowest BCUT2D eigenvalue weighted by Crippen LogP contribution is -2.30. The molecule has 4 heteroatoms. The minimum atomic E-state index is -0.872. The van der Waals surface area contributed by atoms with Gasteiger partial charge in [-0.1, -0.05) is 35.9 Å². The van der Waals surface area contributed by atoms with Crippen molar-refractivity contribution in [2.24, 2.45) is 0 Å². The molecular weight excluding hydrogens is 290 g/mol. The lowest BCUT2D eigenvalue weighted by molar-refractivity contribution is -0.123. The van der Waals surface area contributed by atoms with Gasteiger partial charge < -0.3 is 10.1 Å². The Morgan fingerprint density at radius 3 is 2.09 bits per heavy atom. The number of esters is 1. The molecule has 0 aliphatic carbocycles. The Morgan fingerprint density at radius 1 is 0.957 bits per heavy atom. The van der Waals surface area contributed by atoms with Crippen LogP contribution >= 0.6 is 0 Å². The molecule has 1 unspecified atom stereocenters. The number of nitrogens with one attached hydrogen (secondary N) is 1. The molecule has 0 aliphatic heterocycles. The molecule has 0 saturated heterocycles. The molecule has 1 atom stereocenters. The van der Waals surface area contributed by atoms with Crippen molar-refractivity contribution in [1.29, 1.82) is 0 Å². The molecule has 120 valence electrons. The number of rotatable bonds is 4. The van der Waals surface area contributed by atoms with Gasteiger partial charge in [-0.25, -0.2) is 4.79 Å². The van der Waals surface area contributed by atoms with Crippen LogP contribution in [0.1, 0.15) is 34.0 Å². The molecule has 0 heterocycles. The molecule has 2 aromatic rings. The van der Waals surface area contributed by atoms with Gasteiger partial charge in [0.15, 0.2) is 6.10 Å². The van der Waals surface area contributed by atoms with Crippen molar-refractivity contribution in [2.45, 2.75) is 33.8 Å². The van der Waals surface area contributed by atoms with Crippen molar-refractivity contribution in [3.8, 4) is 0 Å². The maximum Gasteiger partial charge on any atom is 0.338 e. The number of benzene rings is 2. The molecule has 0 saturated carbocycles. The third-order valence-corrected chi connectivity index (χ3v) is 3.67. The van der Waals surface area contributed by atoms with Crippen molar-refractivity contribution < 1.29 is 14.3 Å². The van der Waals surface area contributed by atoms with Crippen LogP contribution < -0.4 is 5.32 Å². The van der Waals surface area contributed by atoms with Gasteiger partial charge >= 0.3 is 5.97 Å². The number of carbonyl (C=O) groups excluding carboxylic acids is 2. The van der Waals surface area contributed by atoms with Crippen LogP contribution in [0, 0.1) is 20.8 Å². The zero-order chi connectivity index (χ0) is 17.0. The lowest BCUT2D eigenvalue weighted by atomic mass is 10.1. The first-order valence-corrected chi connectivity index (χ1v) is 7.53. The fraction of sp³-hybridized carbons (Fsp3) is 0.263. The van der Waals surface area contributed by atoms with Crippen molar-refractivity contribution >= 4 is 17.6 Å². The summed E-state index contributed by atoms with van der Waals surface area (Å²) in [5.41, 5.74) is 4.19. The fourth-order valence-corrected chi connectivity index (χ4v) is 2.21. The van der Waals surface area contributed by atoms with E-state index in [0.29, 0.717) is 5.56 Å². The molecule has 4 nitrogen and oxygen atoms in total. The highest BCUT2D eigenvalue weighted by molar-refractivity contribution is 5.98. The normalized spacial score (nSPS) is 11.7. The Balaban J connectivity index is 2.02. The molecule has 0 spiro atoms. The summed E-state index contributed by atoms with van der Waals surface area (Å²) >= 11 is 0. The van der Waals surface area contributed by atoms with Crippen molar-refractivity contribution in [1.82, 2.24) is 0 Å². The monoisotopic (exact) mass is 311 g/mol. The van der Waals surface area contributed by atoms with Crippen LogP contribution in [0.15, 0.2) is 42.5 Å². The van der Waals surface area contributed by atoms with Gasteiger partial charge in [0.25, 0.3) is 5.91 Å². The van der Waals surface area contributed by atoms with E-state index in [9.17, 15) is 9.59 Å².